The fourth-order valence-corrected chi connectivity index (χ4v) is 3.13. The third-order valence-corrected chi connectivity index (χ3v) is 4.64. The monoisotopic (exact) mass is 262 g/mol. The zero-order valence-electron chi connectivity index (χ0n) is 11.5. The van der Waals surface area contributed by atoms with Crippen LogP contribution in [0.2, 0.25) is 0 Å². The summed E-state index contributed by atoms with van der Waals surface area (Å²) in [6, 6.07) is 6.29. The van der Waals surface area contributed by atoms with Gasteiger partial charge in [-0.1, -0.05) is 13.0 Å². The fraction of sp³-hybridized carbons (Fsp3) is 0.600. The maximum atomic E-state index is 6.11. The first-order valence-corrected chi connectivity index (χ1v) is 7.10. The predicted octanol–water partition coefficient (Wildman–Crippen LogP) is 1.73. The van der Waals surface area contributed by atoms with Gasteiger partial charge in [0.1, 0.15) is 0 Å². The van der Waals surface area contributed by atoms with E-state index in [-0.39, 0.29) is 5.41 Å². The Morgan fingerprint density at radius 1 is 1.21 bits per heavy atom. The van der Waals surface area contributed by atoms with Crippen molar-refractivity contribution in [1.29, 1.82) is 0 Å². The quantitative estimate of drug-likeness (QED) is 0.901. The van der Waals surface area contributed by atoms with Crippen molar-refractivity contribution >= 4 is 0 Å². The number of benzene rings is 1. The van der Waals surface area contributed by atoms with Gasteiger partial charge in [-0.05, 0) is 50.2 Å². The van der Waals surface area contributed by atoms with Gasteiger partial charge in [0.15, 0.2) is 11.5 Å². The maximum Gasteiger partial charge on any atom is 0.231 e. The highest BCUT2D eigenvalue weighted by Crippen LogP contribution is 2.40. The molecule has 2 aliphatic heterocycles. The van der Waals surface area contributed by atoms with Crippen molar-refractivity contribution in [2.24, 2.45) is 5.73 Å². The molecule has 19 heavy (non-hydrogen) atoms. The van der Waals surface area contributed by atoms with E-state index in [1.807, 2.05) is 6.07 Å². The normalized spacial score (nSPS) is 21.6. The molecule has 1 saturated heterocycles. The van der Waals surface area contributed by atoms with Gasteiger partial charge in [0.05, 0.1) is 0 Å². The third-order valence-electron chi connectivity index (χ3n) is 4.64. The number of piperidine rings is 1. The van der Waals surface area contributed by atoms with Crippen molar-refractivity contribution in [3.05, 3.63) is 23.8 Å². The topological polar surface area (TPSA) is 47.7 Å². The van der Waals surface area contributed by atoms with Crippen molar-refractivity contribution in [1.82, 2.24) is 4.90 Å². The van der Waals surface area contributed by atoms with E-state index in [1.54, 1.807) is 0 Å². The molecule has 0 aliphatic carbocycles. The maximum absolute atomic E-state index is 6.11. The van der Waals surface area contributed by atoms with Crippen LogP contribution in [0.4, 0.5) is 0 Å². The molecule has 0 unspecified atom stereocenters. The van der Waals surface area contributed by atoms with E-state index in [0.29, 0.717) is 13.3 Å². The number of likely N-dealkylation sites (tertiary alicyclic amines) is 1. The molecule has 2 aliphatic rings. The highest BCUT2D eigenvalue weighted by atomic mass is 16.7. The molecular weight excluding hydrogens is 240 g/mol. The lowest BCUT2D eigenvalue weighted by Gasteiger charge is -2.41. The van der Waals surface area contributed by atoms with Gasteiger partial charge in [0, 0.05) is 12.0 Å². The lowest BCUT2D eigenvalue weighted by atomic mass is 9.72. The minimum atomic E-state index is 0.104. The van der Waals surface area contributed by atoms with Crippen LogP contribution in [0.25, 0.3) is 0 Å². The summed E-state index contributed by atoms with van der Waals surface area (Å²) in [6.07, 6.45) is 2.24. The van der Waals surface area contributed by atoms with E-state index in [2.05, 4.69) is 24.0 Å². The summed E-state index contributed by atoms with van der Waals surface area (Å²) in [4.78, 5) is 2.49. The molecule has 0 amide bonds. The first-order chi connectivity index (χ1) is 9.27. The Balaban J connectivity index is 1.86. The third kappa shape index (κ3) is 2.19. The van der Waals surface area contributed by atoms with E-state index in [4.69, 9.17) is 15.2 Å². The first-order valence-electron chi connectivity index (χ1n) is 7.10. The molecule has 0 spiro atoms. The van der Waals surface area contributed by atoms with Gasteiger partial charge >= 0.3 is 0 Å². The minimum absolute atomic E-state index is 0.104. The number of nitrogens with two attached hydrogens (primary N) is 1. The summed E-state index contributed by atoms with van der Waals surface area (Å²) in [5.41, 5.74) is 7.52. The van der Waals surface area contributed by atoms with Crippen LogP contribution in [-0.4, -0.2) is 37.9 Å². The number of hydrogen-bond donors (Lipinski definition) is 1. The van der Waals surface area contributed by atoms with Crippen molar-refractivity contribution in [3.63, 3.8) is 0 Å². The molecule has 4 heteroatoms. The Kier molecular flexibility index (Phi) is 3.37. The first kappa shape index (κ1) is 12.8. The standard InChI is InChI=1S/C15H22N2O2/c1-2-17-7-5-15(10-16,6-8-17)12-3-4-13-14(9-12)19-11-18-13/h3-4,9H,2,5-8,10-11,16H2,1H3. The van der Waals surface area contributed by atoms with Gasteiger partial charge in [-0.25, -0.2) is 0 Å². The molecule has 104 valence electrons. The van der Waals surface area contributed by atoms with Crippen LogP contribution in [0.1, 0.15) is 25.3 Å². The number of nitrogens with zero attached hydrogens (tertiary/aromatic N) is 1. The smallest absolute Gasteiger partial charge is 0.231 e. The molecule has 0 aromatic heterocycles. The zero-order chi connectivity index (χ0) is 13.3. The van der Waals surface area contributed by atoms with Gasteiger partial charge in [-0.2, -0.15) is 0 Å². The van der Waals surface area contributed by atoms with Gasteiger partial charge in [0.2, 0.25) is 6.79 Å². The number of hydrogen-bond acceptors (Lipinski definition) is 4. The molecular formula is C15H22N2O2. The lowest BCUT2D eigenvalue weighted by Crippen LogP contribution is -2.46. The van der Waals surface area contributed by atoms with E-state index in [9.17, 15) is 0 Å². The predicted molar refractivity (Wildman–Crippen MR) is 74.6 cm³/mol. The van der Waals surface area contributed by atoms with Crippen LogP contribution in [0.5, 0.6) is 11.5 Å². The van der Waals surface area contributed by atoms with Crippen molar-refractivity contribution < 1.29 is 9.47 Å². The summed E-state index contributed by atoms with van der Waals surface area (Å²) in [5.74, 6) is 1.71. The molecule has 4 nitrogen and oxygen atoms in total. The van der Waals surface area contributed by atoms with E-state index < -0.39 is 0 Å². The summed E-state index contributed by atoms with van der Waals surface area (Å²) >= 11 is 0. The number of rotatable bonds is 3. The van der Waals surface area contributed by atoms with Crippen LogP contribution in [0.3, 0.4) is 0 Å². The van der Waals surface area contributed by atoms with E-state index in [1.165, 1.54) is 5.56 Å². The average molecular weight is 262 g/mol. The SMILES string of the molecule is CCN1CCC(CN)(c2ccc3c(c2)OCO3)CC1. The van der Waals surface area contributed by atoms with Crippen molar-refractivity contribution in [2.75, 3.05) is 33.0 Å². The highest BCUT2D eigenvalue weighted by molar-refractivity contribution is 5.47. The second-order valence-electron chi connectivity index (χ2n) is 5.49. The minimum Gasteiger partial charge on any atom is -0.454 e. The second-order valence-corrected chi connectivity index (χ2v) is 5.49. The Bertz CT molecular complexity index is 453. The van der Waals surface area contributed by atoms with Crippen LogP contribution < -0.4 is 15.2 Å². The van der Waals surface area contributed by atoms with Crippen LogP contribution in [0, 0.1) is 0 Å². The summed E-state index contributed by atoms with van der Waals surface area (Å²) in [5, 5.41) is 0. The number of fused-ring (bicyclic) bond motifs is 1. The van der Waals surface area contributed by atoms with Gasteiger partial charge < -0.3 is 20.1 Å². The van der Waals surface area contributed by atoms with Crippen molar-refractivity contribution in [2.45, 2.75) is 25.2 Å². The summed E-state index contributed by atoms with van der Waals surface area (Å²) in [7, 11) is 0. The molecule has 2 heterocycles. The van der Waals surface area contributed by atoms with Crippen LogP contribution in [-0.2, 0) is 5.41 Å². The molecule has 3 rings (SSSR count). The van der Waals surface area contributed by atoms with Gasteiger partial charge in [-0.15, -0.1) is 0 Å². The van der Waals surface area contributed by atoms with Gasteiger partial charge in [-0.3, -0.25) is 0 Å². The molecule has 0 atom stereocenters. The van der Waals surface area contributed by atoms with Gasteiger partial charge in [0.25, 0.3) is 0 Å². The summed E-state index contributed by atoms with van der Waals surface area (Å²) < 4.78 is 10.9. The highest BCUT2D eigenvalue weighted by Gasteiger charge is 2.35. The molecule has 1 aromatic rings. The Hall–Kier alpha value is -1.26. The Morgan fingerprint density at radius 3 is 2.63 bits per heavy atom. The van der Waals surface area contributed by atoms with Crippen molar-refractivity contribution in [3.8, 4) is 11.5 Å². The molecule has 1 fully saturated rings. The number of ether oxygens (including phenoxy) is 2. The molecule has 0 bridgehead atoms. The zero-order valence-corrected chi connectivity index (χ0v) is 11.5. The second kappa shape index (κ2) is 5.02. The lowest BCUT2D eigenvalue weighted by molar-refractivity contribution is 0.167. The molecule has 0 saturated carbocycles. The Morgan fingerprint density at radius 2 is 1.95 bits per heavy atom. The fourth-order valence-electron chi connectivity index (χ4n) is 3.13. The van der Waals surface area contributed by atoms with Crippen LogP contribution in [0.15, 0.2) is 18.2 Å². The van der Waals surface area contributed by atoms with E-state index in [0.717, 1.165) is 44.0 Å². The molecule has 1 aromatic carbocycles. The van der Waals surface area contributed by atoms with E-state index >= 15 is 0 Å². The average Bonchev–Trinajstić information content (AvgIpc) is 2.94. The Labute approximate surface area is 114 Å². The summed E-state index contributed by atoms with van der Waals surface area (Å²) in [6.45, 7) is 6.63. The molecule has 0 radical (unpaired) electrons. The largest absolute Gasteiger partial charge is 0.454 e. The molecule has 2 N–H and O–H groups in total. The van der Waals surface area contributed by atoms with Crippen LogP contribution >= 0.6 is 0 Å².